The zero-order valence-electron chi connectivity index (χ0n) is 16.1. The highest BCUT2D eigenvalue weighted by Gasteiger charge is 2.29. The number of hydrogen-bond donors (Lipinski definition) is 0. The highest BCUT2D eigenvalue weighted by Crippen LogP contribution is 2.41. The number of aliphatic imine (C=N–C) groups is 1. The Balaban J connectivity index is 1.72. The monoisotopic (exact) mass is 397 g/mol. The minimum absolute atomic E-state index is 0.110. The maximum absolute atomic E-state index is 6.11. The van der Waals surface area contributed by atoms with Gasteiger partial charge in [0.2, 0.25) is 0 Å². The molecule has 142 valence electrons. The summed E-state index contributed by atoms with van der Waals surface area (Å²) in [6.07, 6.45) is 0.808. The molecule has 1 atom stereocenters. The lowest BCUT2D eigenvalue weighted by atomic mass is 9.95. The van der Waals surface area contributed by atoms with E-state index in [2.05, 4.69) is 60.1 Å². The Morgan fingerprint density at radius 2 is 1.48 bits per heavy atom. The summed E-state index contributed by atoms with van der Waals surface area (Å²) in [5.41, 5.74) is 6.60. The second kappa shape index (κ2) is 7.34. The summed E-state index contributed by atoms with van der Waals surface area (Å²) in [5, 5.41) is 5.64. The summed E-state index contributed by atoms with van der Waals surface area (Å²) in [6, 6.07) is 29.0. The van der Waals surface area contributed by atoms with Crippen LogP contribution in [0.4, 0.5) is 5.82 Å². The van der Waals surface area contributed by atoms with Crippen LogP contribution < -0.4 is 0 Å². The van der Waals surface area contributed by atoms with E-state index in [-0.39, 0.29) is 6.04 Å². The maximum Gasteiger partial charge on any atom is 0.159 e. The molecule has 0 saturated carbocycles. The third kappa shape index (κ3) is 3.28. The fraction of sp³-hybridized carbons (Fsp3) is 0.120. The van der Waals surface area contributed by atoms with Gasteiger partial charge in [-0.2, -0.15) is 5.10 Å². The van der Waals surface area contributed by atoms with Crippen molar-refractivity contribution in [3.05, 3.63) is 107 Å². The molecule has 3 aromatic carbocycles. The highest BCUT2D eigenvalue weighted by molar-refractivity contribution is 6.30. The molecule has 1 aliphatic rings. The molecule has 0 saturated heterocycles. The van der Waals surface area contributed by atoms with Crippen molar-refractivity contribution in [3.8, 4) is 11.1 Å². The summed E-state index contributed by atoms with van der Waals surface area (Å²) in [4.78, 5) is 5.10. The van der Waals surface area contributed by atoms with Gasteiger partial charge in [0.15, 0.2) is 5.82 Å². The van der Waals surface area contributed by atoms with Crippen molar-refractivity contribution in [1.29, 1.82) is 0 Å². The second-order valence-corrected chi connectivity index (χ2v) is 7.73. The van der Waals surface area contributed by atoms with E-state index in [9.17, 15) is 0 Å². The van der Waals surface area contributed by atoms with E-state index in [1.54, 1.807) is 0 Å². The Kier molecular flexibility index (Phi) is 4.53. The van der Waals surface area contributed by atoms with E-state index in [4.69, 9.17) is 21.7 Å². The number of aryl methyl sites for hydroxylation is 1. The van der Waals surface area contributed by atoms with Gasteiger partial charge >= 0.3 is 0 Å². The van der Waals surface area contributed by atoms with Gasteiger partial charge in [-0.05, 0) is 35.7 Å². The second-order valence-electron chi connectivity index (χ2n) is 7.29. The van der Waals surface area contributed by atoms with E-state index in [0.717, 1.165) is 45.4 Å². The van der Waals surface area contributed by atoms with Crippen molar-refractivity contribution in [2.45, 2.75) is 19.4 Å². The SMILES string of the molecule is Cc1nn2c(c1-c1ccc(Cl)cc1)N=C(c1ccccc1)C[C@@H]2c1ccccc1. The molecule has 0 unspecified atom stereocenters. The minimum Gasteiger partial charge on any atom is -0.239 e. The van der Waals surface area contributed by atoms with Gasteiger partial charge in [-0.25, -0.2) is 9.67 Å². The lowest BCUT2D eigenvalue weighted by molar-refractivity contribution is 0.529. The highest BCUT2D eigenvalue weighted by atomic mass is 35.5. The van der Waals surface area contributed by atoms with Crippen LogP contribution in [-0.4, -0.2) is 15.5 Å². The number of nitrogens with zero attached hydrogens (tertiary/aromatic N) is 3. The van der Waals surface area contributed by atoms with Gasteiger partial charge in [0.1, 0.15) is 0 Å². The molecule has 0 N–H and O–H groups in total. The number of rotatable bonds is 3. The van der Waals surface area contributed by atoms with Crippen molar-refractivity contribution in [3.63, 3.8) is 0 Å². The molecule has 2 heterocycles. The molecule has 5 rings (SSSR count). The van der Waals surface area contributed by atoms with Gasteiger partial charge in [-0.1, -0.05) is 84.4 Å². The molecule has 0 fully saturated rings. The normalized spacial score (nSPS) is 15.7. The molecule has 4 heteroatoms. The minimum atomic E-state index is 0.110. The first-order chi connectivity index (χ1) is 14.2. The first kappa shape index (κ1) is 17.9. The van der Waals surface area contributed by atoms with Crippen LogP contribution in [0, 0.1) is 6.92 Å². The number of hydrogen-bond acceptors (Lipinski definition) is 2. The molecule has 0 spiro atoms. The van der Waals surface area contributed by atoms with E-state index in [1.165, 1.54) is 5.56 Å². The fourth-order valence-corrected chi connectivity index (χ4v) is 4.13. The smallest absolute Gasteiger partial charge is 0.159 e. The summed E-state index contributed by atoms with van der Waals surface area (Å²) in [7, 11) is 0. The van der Waals surface area contributed by atoms with Crippen LogP contribution in [0.1, 0.15) is 29.3 Å². The Labute approximate surface area is 175 Å². The van der Waals surface area contributed by atoms with Gasteiger partial charge in [0.25, 0.3) is 0 Å². The van der Waals surface area contributed by atoms with Crippen LogP contribution in [0.2, 0.25) is 5.02 Å². The summed E-state index contributed by atoms with van der Waals surface area (Å²) in [6.45, 7) is 2.05. The Hall–Kier alpha value is -3.17. The van der Waals surface area contributed by atoms with E-state index >= 15 is 0 Å². The summed E-state index contributed by atoms with van der Waals surface area (Å²) < 4.78 is 2.08. The Morgan fingerprint density at radius 3 is 2.17 bits per heavy atom. The van der Waals surface area contributed by atoms with Gasteiger partial charge in [-0.15, -0.1) is 0 Å². The molecule has 1 aromatic heterocycles. The molecule has 0 amide bonds. The number of fused-ring (bicyclic) bond motifs is 1. The average molecular weight is 398 g/mol. The van der Waals surface area contributed by atoms with Crippen LogP contribution >= 0.6 is 11.6 Å². The molecule has 1 aliphatic heterocycles. The van der Waals surface area contributed by atoms with Crippen molar-refractivity contribution in [2.24, 2.45) is 4.99 Å². The maximum atomic E-state index is 6.11. The first-order valence-electron chi connectivity index (χ1n) is 9.73. The zero-order chi connectivity index (χ0) is 19.8. The largest absolute Gasteiger partial charge is 0.239 e. The third-order valence-electron chi connectivity index (χ3n) is 5.41. The topological polar surface area (TPSA) is 30.2 Å². The fourth-order valence-electron chi connectivity index (χ4n) is 4.00. The predicted molar refractivity (Wildman–Crippen MR) is 119 cm³/mol. The molecule has 0 aliphatic carbocycles. The zero-order valence-corrected chi connectivity index (χ0v) is 16.8. The van der Waals surface area contributed by atoms with Gasteiger partial charge in [-0.3, -0.25) is 0 Å². The van der Waals surface area contributed by atoms with Crippen LogP contribution in [0.5, 0.6) is 0 Å². The number of aromatic nitrogens is 2. The van der Waals surface area contributed by atoms with Crippen molar-refractivity contribution in [1.82, 2.24) is 9.78 Å². The van der Waals surface area contributed by atoms with Crippen LogP contribution in [0.3, 0.4) is 0 Å². The first-order valence-corrected chi connectivity index (χ1v) is 10.1. The summed E-state index contributed by atoms with van der Waals surface area (Å²) >= 11 is 6.11. The van der Waals surface area contributed by atoms with Gasteiger partial charge in [0.05, 0.1) is 17.4 Å². The van der Waals surface area contributed by atoms with Crippen molar-refractivity contribution < 1.29 is 0 Å². The van der Waals surface area contributed by atoms with Crippen LogP contribution in [-0.2, 0) is 0 Å². The molecule has 0 radical (unpaired) electrons. The van der Waals surface area contributed by atoms with Gasteiger partial charge in [0, 0.05) is 17.0 Å². The lowest BCUT2D eigenvalue weighted by Crippen LogP contribution is -2.21. The van der Waals surface area contributed by atoms with Gasteiger partial charge < -0.3 is 0 Å². The van der Waals surface area contributed by atoms with Crippen LogP contribution in [0.25, 0.3) is 11.1 Å². The molecule has 0 bridgehead atoms. The summed E-state index contributed by atoms with van der Waals surface area (Å²) in [5.74, 6) is 0.906. The number of benzene rings is 3. The standard InChI is InChI=1S/C25H20ClN3/c1-17-24(20-12-14-21(26)15-13-20)25-27-22(18-8-4-2-5-9-18)16-23(29(25)28-17)19-10-6-3-7-11-19/h2-15,23H,16H2,1H3/t23-/m1/s1. The van der Waals surface area contributed by atoms with Crippen molar-refractivity contribution in [2.75, 3.05) is 0 Å². The molecular formula is C25H20ClN3. The van der Waals surface area contributed by atoms with Crippen LogP contribution in [0.15, 0.2) is 89.9 Å². The Morgan fingerprint density at radius 1 is 0.828 bits per heavy atom. The molecular weight excluding hydrogens is 378 g/mol. The van der Waals surface area contributed by atoms with E-state index in [1.807, 2.05) is 36.4 Å². The van der Waals surface area contributed by atoms with E-state index in [0.29, 0.717) is 0 Å². The van der Waals surface area contributed by atoms with E-state index < -0.39 is 0 Å². The third-order valence-corrected chi connectivity index (χ3v) is 5.66. The molecule has 3 nitrogen and oxygen atoms in total. The quantitative estimate of drug-likeness (QED) is 0.381. The number of halogens is 1. The average Bonchev–Trinajstić information content (AvgIpc) is 3.10. The van der Waals surface area contributed by atoms with Crippen molar-refractivity contribution >= 4 is 23.1 Å². The Bertz CT molecular complexity index is 1180. The lowest BCUT2D eigenvalue weighted by Gasteiger charge is -2.25. The predicted octanol–water partition coefficient (Wildman–Crippen LogP) is 6.63. The molecule has 29 heavy (non-hydrogen) atoms. The molecule has 4 aromatic rings.